The van der Waals surface area contributed by atoms with Crippen molar-refractivity contribution in [3.8, 4) is 0 Å². The molecule has 0 radical (unpaired) electrons. The van der Waals surface area contributed by atoms with E-state index in [1.165, 1.54) is 13.0 Å². The molecule has 3 N–H and O–H groups in total. The molecule has 36 heavy (non-hydrogen) atoms. The summed E-state index contributed by atoms with van der Waals surface area (Å²) in [5.74, 6) is -0.355. The number of aliphatic hydroxyl groups is 1. The number of rotatable bonds is 9. The summed E-state index contributed by atoms with van der Waals surface area (Å²) in [6, 6.07) is 12.9. The monoisotopic (exact) mass is 500 g/mol. The Bertz CT molecular complexity index is 1210. The number of aromatic nitrogens is 1. The third-order valence-corrected chi connectivity index (χ3v) is 7.59. The number of fused-ring (bicyclic) bond motifs is 3. The number of H-pyrrole nitrogens is 1. The Morgan fingerprint density at radius 3 is 2.69 bits per heavy atom. The highest BCUT2D eigenvalue weighted by Gasteiger charge is 2.40. The van der Waals surface area contributed by atoms with E-state index in [9.17, 15) is 9.50 Å². The Morgan fingerprint density at radius 2 is 1.97 bits per heavy atom. The zero-order valence-electron chi connectivity index (χ0n) is 20.9. The van der Waals surface area contributed by atoms with Crippen molar-refractivity contribution in [2.75, 3.05) is 44.8 Å². The van der Waals surface area contributed by atoms with Crippen LogP contribution in [-0.4, -0.2) is 77.1 Å². The fourth-order valence-corrected chi connectivity index (χ4v) is 5.72. The lowest BCUT2D eigenvalue weighted by Gasteiger charge is -2.43. The minimum Gasteiger partial charge on any atom is -0.393 e. The van der Waals surface area contributed by atoms with E-state index < -0.39 is 18.3 Å². The van der Waals surface area contributed by atoms with Crippen LogP contribution < -0.4 is 5.32 Å². The van der Waals surface area contributed by atoms with Crippen LogP contribution in [0.4, 0.5) is 18.9 Å². The molecule has 3 aromatic rings. The first-order valence-electron chi connectivity index (χ1n) is 12.8. The number of alkyl halides is 2. The Balaban J connectivity index is 1.46. The van der Waals surface area contributed by atoms with Gasteiger partial charge in [-0.1, -0.05) is 24.3 Å². The van der Waals surface area contributed by atoms with E-state index in [2.05, 4.69) is 21.3 Å². The minimum atomic E-state index is -1.81. The first-order valence-corrected chi connectivity index (χ1v) is 12.8. The number of para-hydroxylation sites is 1. The number of anilines is 1. The van der Waals surface area contributed by atoms with Crippen molar-refractivity contribution < 1.29 is 18.3 Å². The summed E-state index contributed by atoms with van der Waals surface area (Å²) >= 11 is 0. The summed E-state index contributed by atoms with van der Waals surface area (Å²) in [7, 11) is 0. The third-order valence-electron chi connectivity index (χ3n) is 7.59. The summed E-state index contributed by atoms with van der Waals surface area (Å²) in [6.45, 7) is 4.86. The molecule has 0 bridgehead atoms. The van der Waals surface area contributed by atoms with Gasteiger partial charge >= 0.3 is 0 Å². The molecule has 0 spiro atoms. The molecule has 5 rings (SSSR count). The molecule has 2 aromatic carbocycles. The van der Waals surface area contributed by atoms with E-state index >= 15 is 8.78 Å². The van der Waals surface area contributed by atoms with Crippen LogP contribution in [0.15, 0.2) is 42.5 Å². The molecule has 0 unspecified atom stereocenters. The molecule has 1 saturated heterocycles. The largest absolute Gasteiger partial charge is 0.393 e. The molecule has 3 atom stereocenters. The molecule has 194 valence electrons. The SMILES string of the molecule is C[C@@H]1Cc2c([nH]c3ccccc23)[C@@H](c2ccc(NC3CN(CCCF)C3)cc2F)N1C[C@@](C)(F)CO. The molecule has 2 aliphatic rings. The summed E-state index contributed by atoms with van der Waals surface area (Å²) < 4.78 is 43.2. The molecule has 0 amide bonds. The molecule has 3 heterocycles. The number of hydrogen-bond acceptors (Lipinski definition) is 4. The maximum atomic E-state index is 15.7. The van der Waals surface area contributed by atoms with Crippen molar-refractivity contribution in [1.82, 2.24) is 14.8 Å². The van der Waals surface area contributed by atoms with Crippen molar-refractivity contribution in [3.63, 3.8) is 0 Å². The van der Waals surface area contributed by atoms with Gasteiger partial charge in [0.2, 0.25) is 0 Å². The lowest BCUT2D eigenvalue weighted by Crippen LogP contribution is -2.54. The normalized spacial score (nSPS) is 22.8. The zero-order chi connectivity index (χ0) is 25.4. The van der Waals surface area contributed by atoms with E-state index in [4.69, 9.17) is 0 Å². The average molecular weight is 501 g/mol. The van der Waals surface area contributed by atoms with E-state index in [1.54, 1.807) is 6.07 Å². The van der Waals surface area contributed by atoms with Crippen LogP contribution in [-0.2, 0) is 6.42 Å². The van der Waals surface area contributed by atoms with E-state index in [1.807, 2.05) is 36.1 Å². The van der Waals surface area contributed by atoms with Gasteiger partial charge in [-0.25, -0.2) is 8.78 Å². The topological polar surface area (TPSA) is 54.5 Å². The van der Waals surface area contributed by atoms with Gasteiger partial charge in [0.1, 0.15) is 11.5 Å². The second kappa shape index (κ2) is 10.1. The Labute approximate surface area is 210 Å². The van der Waals surface area contributed by atoms with Crippen LogP contribution in [0, 0.1) is 5.82 Å². The molecular formula is C28H35F3N4O. The first-order chi connectivity index (χ1) is 17.3. The smallest absolute Gasteiger partial charge is 0.143 e. The van der Waals surface area contributed by atoms with Gasteiger partial charge in [-0.15, -0.1) is 0 Å². The van der Waals surface area contributed by atoms with E-state index in [0.29, 0.717) is 24.1 Å². The van der Waals surface area contributed by atoms with Gasteiger partial charge in [0, 0.05) is 60.1 Å². The highest BCUT2D eigenvalue weighted by molar-refractivity contribution is 5.85. The zero-order valence-corrected chi connectivity index (χ0v) is 20.9. The van der Waals surface area contributed by atoms with Gasteiger partial charge in [0.25, 0.3) is 0 Å². The average Bonchev–Trinajstić information content (AvgIpc) is 3.19. The van der Waals surface area contributed by atoms with Crippen LogP contribution >= 0.6 is 0 Å². The number of aromatic amines is 1. The molecular weight excluding hydrogens is 465 g/mol. The fourth-order valence-electron chi connectivity index (χ4n) is 5.72. The fraction of sp³-hybridized carbons (Fsp3) is 0.500. The maximum Gasteiger partial charge on any atom is 0.143 e. The maximum absolute atomic E-state index is 15.7. The summed E-state index contributed by atoms with van der Waals surface area (Å²) in [4.78, 5) is 7.63. The summed E-state index contributed by atoms with van der Waals surface area (Å²) in [6.07, 6.45) is 1.25. The Kier molecular flexibility index (Phi) is 7.03. The lowest BCUT2D eigenvalue weighted by molar-refractivity contribution is 0.0169. The van der Waals surface area contributed by atoms with Crippen molar-refractivity contribution in [1.29, 1.82) is 0 Å². The minimum absolute atomic E-state index is 0.0135. The molecule has 0 saturated carbocycles. The standard InChI is InChI=1S/C28H35F3N4O/c1-18-12-23-21-6-3-4-7-25(21)33-26(23)27(35(18)16-28(2,31)17-36)22-9-8-19(13-24(22)30)32-20-14-34(15-20)11-5-10-29/h3-4,6-9,13,18,20,27,32-33,36H,5,10-12,14-17H2,1-2H3/t18-,27-,28-/m1/s1. The second-order valence-corrected chi connectivity index (χ2v) is 10.6. The van der Waals surface area contributed by atoms with Crippen LogP contribution in [0.25, 0.3) is 10.9 Å². The molecule has 0 aliphatic carbocycles. The number of halogens is 3. The number of likely N-dealkylation sites (tertiary alicyclic amines) is 1. The highest BCUT2D eigenvalue weighted by Crippen LogP contribution is 2.42. The first kappa shape index (κ1) is 25.1. The highest BCUT2D eigenvalue weighted by atomic mass is 19.1. The molecule has 8 heteroatoms. The third kappa shape index (κ3) is 4.86. The quantitative estimate of drug-likeness (QED) is 0.394. The van der Waals surface area contributed by atoms with E-state index in [-0.39, 0.29) is 31.1 Å². The number of aliphatic hydroxyl groups excluding tert-OH is 1. The predicted octanol–water partition coefficient (Wildman–Crippen LogP) is 4.82. The van der Waals surface area contributed by atoms with Crippen molar-refractivity contribution in [2.45, 2.75) is 50.5 Å². The number of nitrogens with zero attached hydrogens (tertiary/aromatic N) is 2. The van der Waals surface area contributed by atoms with Crippen LogP contribution in [0.1, 0.15) is 43.1 Å². The van der Waals surface area contributed by atoms with Gasteiger partial charge in [0.15, 0.2) is 0 Å². The van der Waals surface area contributed by atoms with Gasteiger partial charge in [-0.05, 0) is 50.5 Å². The molecule has 2 aliphatic heterocycles. The molecule has 1 fully saturated rings. The number of benzene rings is 2. The predicted molar refractivity (Wildman–Crippen MR) is 137 cm³/mol. The van der Waals surface area contributed by atoms with Crippen LogP contribution in [0.3, 0.4) is 0 Å². The van der Waals surface area contributed by atoms with Gasteiger partial charge in [-0.2, -0.15) is 0 Å². The van der Waals surface area contributed by atoms with Crippen LogP contribution in [0.2, 0.25) is 0 Å². The van der Waals surface area contributed by atoms with Gasteiger partial charge in [0.05, 0.1) is 25.4 Å². The number of hydrogen-bond donors (Lipinski definition) is 3. The van der Waals surface area contributed by atoms with E-state index in [0.717, 1.165) is 41.8 Å². The van der Waals surface area contributed by atoms with Crippen molar-refractivity contribution in [3.05, 3.63) is 65.1 Å². The van der Waals surface area contributed by atoms with Crippen molar-refractivity contribution in [2.24, 2.45) is 0 Å². The summed E-state index contributed by atoms with van der Waals surface area (Å²) in [5, 5.41) is 14.1. The Morgan fingerprint density at radius 1 is 1.19 bits per heavy atom. The van der Waals surface area contributed by atoms with Gasteiger partial charge < -0.3 is 15.4 Å². The van der Waals surface area contributed by atoms with Crippen LogP contribution in [0.5, 0.6) is 0 Å². The summed E-state index contributed by atoms with van der Waals surface area (Å²) in [5.41, 5.74) is 2.36. The lowest BCUT2D eigenvalue weighted by atomic mass is 9.87. The van der Waals surface area contributed by atoms with Gasteiger partial charge in [-0.3, -0.25) is 14.2 Å². The molecule has 1 aromatic heterocycles. The Hall–Kier alpha value is -2.55. The second-order valence-electron chi connectivity index (χ2n) is 10.6. The molecule has 5 nitrogen and oxygen atoms in total. The number of nitrogens with one attached hydrogen (secondary N) is 2. The van der Waals surface area contributed by atoms with Crippen molar-refractivity contribution >= 4 is 16.6 Å².